The number of hydrogen-bond acceptors (Lipinski definition) is 3. The molecule has 0 aliphatic heterocycles. The van der Waals surface area contributed by atoms with Crippen molar-refractivity contribution in [1.29, 1.82) is 0 Å². The lowest BCUT2D eigenvalue weighted by molar-refractivity contribution is 0.228. The molecule has 0 fully saturated rings. The summed E-state index contributed by atoms with van der Waals surface area (Å²) in [5.74, 6) is 1.39. The van der Waals surface area contributed by atoms with Crippen LogP contribution in [0.15, 0.2) is 36.4 Å². The third-order valence-electron chi connectivity index (χ3n) is 3.20. The number of rotatable bonds is 6. The third-order valence-corrected chi connectivity index (χ3v) is 3.42. The van der Waals surface area contributed by atoms with E-state index in [1.165, 1.54) is 5.56 Å². The highest BCUT2D eigenvalue weighted by Crippen LogP contribution is 2.35. The van der Waals surface area contributed by atoms with Gasteiger partial charge in [0.15, 0.2) is 11.5 Å². The molecule has 0 aliphatic rings. The number of benzene rings is 2. The van der Waals surface area contributed by atoms with E-state index in [4.69, 9.17) is 21.1 Å². The molecule has 0 unspecified atom stereocenters. The highest BCUT2D eigenvalue weighted by molar-refractivity contribution is 6.30. The van der Waals surface area contributed by atoms with Gasteiger partial charge in [0.25, 0.3) is 0 Å². The van der Waals surface area contributed by atoms with Gasteiger partial charge in [-0.15, -0.1) is 0 Å². The van der Waals surface area contributed by atoms with Crippen LogP contribution in [0.25, 0.3) is 0 Å². The highest BCUT2D eigenvalue weighted by atomic mass is 35.5. The van der Waals surface area contributed by atoms with Crippen LogP contribution in [-0.2, 0) is 6.54 Å². The molecule has 2 aromatic carbocycles. The van der Waals surface area contributed by atoms with Crippen LogP contribution < -0.4 is 14.8 Å². The number of anilines is 1. The molecule has 3 nitrogen and oxygen atoms in total. The van der Waals surface area contributed by atoms with Crippen LogP contribution in [0.4, 0.5) is 5.69 Å². The Bertz CT molecular complexity index is 624. The summed E-state index contributed by atoms with van der Waals surface area (Å²) in [6, 6.07) is 11.9. The molecule has 2 aromatic rings. The van der Waals surface area contributed by atoms with Crippen LogP contribution in [0, 0.1) is 6.92 Å². The summed E-state index contributed by atoms with van der Waals surface area (Å²) >= 11 is 6.18. The van der Waals surface area contributed by atoms with Crippen molar-refractivity contribution >= 4 is 17.3 Å². The molecular formula is C18H22ClNO2. The first-order chi connectivity index (χ1) is 10.5. The summed E-state index contributed by atoms with van der Waals surface area (Å²) < 4.78 is 11.3. The molecule has 0 heterocycles. The molecule has 118 valence electrons. The lowest BCUT2D eigenvalue weighted by Crippen LogP contribution is -2.10. The molecule has 0 saturated carbocycles. The van der Waals surface area contributed by atoms with Gasteiger partial charge in [-0.25, -0.2) is 0 Å². The first-order valence-corrected chi connectivity index (χ1v) is 7.71. The molecule has 1 N–H and O–H groups in total. The lowest BCUT2D eigenvalue weighted by Gasteiger charge is -2.18. The van der Waals surface area contributed by atoms with Gasteiger partial charge in [-0.2, -0.15) is 0 Å². The smallest absolute Gasteiger partial charge is 0.166 e. The fourth-order valence-corrected chi connectivity index (χ4v) is 2.37. The molecule has 0 aliphatic carbocycles. The Labute approximate surface area is 137 Å². The predicted molar refractivity (Wildman–Crippen MR) is 92.3 cm³/mol. The number of hydrogen-bond donors (Lipinski definition) is 1. The van der Waals surface area contributed by atoms with E-state index in [0.717, 1.165) is 17.0 Å². The summed E-state index contributed by atoms with van der Waals surface area (Å²) in [6.45, 7) is 6.67. The Morgan fingerprint density at radius 2 is 1.82 bits per heavy atom. The zero-order chi connectivity index (χ0) is 16.1. The van der Waals surface area contributed by atoms with E-state index in [1.807, 2.05) is 19.9 Å². The first-order valence-electron chi connectivity index (χ1n) is 7.33. The van der Waals surface area contributed by atoms with Gasteiger partial charge in [-0.3, -0.25) is 0 Å². The van der Waals surface area contributed by atoms with E-state index in [0.29, 0.717) is 17.3 Å². The quantitative estimate of drug-likeness (QED) is 0.807. The van der Waals surface area contributed by atoms with Crippen molar-refractivity contribution in [2.24, 2.45) is 0 Å². The summed E-state index contributed by atoms with van der Waals surface area (Å²) in [4.78, 5) is 0. The number of methoxy groups -OCH3 is 1. The number of nitrogens with one attached hydrogen (secondary N) is 1. The lowest BCUT2D eigenvalue weighted by atomic mass is 10.1. The Kier molecular flexibility index (Phi) is 5.56. The van der Waals surface area contributed by atoms with E-state index < -0.39 is 0 Å². The summed E-state index contributed by atoms with van der Waals surface area (Å²) in [7, 11) is 1.62. The molecule has 0 bridgehead atoms. The van der Waals surface area contributed by atoms with Crippen LogP contribution in [-0.4, -0.2) is 13.2 Å². The van der Waals surface area contributed by atoms with Gasteiger partial charge >= 0.3 is 0 Å². The topological polar surface area (TPSA) is 30.5 Å². The normalized spacial score (nSPS) is 10.6. The summed E-state index contributed by atoms with van der Waals surface area (Å²) in [5.41, 5.74) is 3.26. The second-order valence-electron chi connectivity index (χ2n) is 5.48. The maximum absolute atomic E-state index is 6.18. The second-order valence-corrected chi connectivity index (χ2v) is 5.92. The molecule has 2 rings (SSSR count). The van der Waals surface area contributed by atoms with Gasteiger partial charge in [0.1, 0.15) is 0 Å². The van der Waals surface area contributed by atoms with Crippen molar-refractivity contribution in [2.75, 3.05) is 12.4 Å². The molecule has 0 spiro atoms. The largest absolute Gasteiger partial charge is 0.493 e. The van der Waals surface area contributed by atoms with Crippen LogP contribution in [0.3, 0.4) is 0 Å². The minimum absolute atomic E-state index is 0.0631. The molecule has 0 amide bonds. The average Bonchev–Trinajstić information content (AvgIpc) is 2.48. The second kappa shape index (κ2) is 7.41. The third kappa shape index (κ3) is 4.31. The van der Waals surface area contributed by atoms with E-state index >= 15 is 0 Å². The van der Waals surface area contributed by atoms with E-state index in [2.05, 4.69) is 36.5 Å². The highest BCUT2D eigenvalue weighted by Gasteiger charge is 2.14. The molecule has 0 aromatic heterocycles. The molecule has 0 saturated heterocycles. The maximum atomic E-state index is 6.18. The van der Waals surface area contributed by atoms with Gasteiger partial charge in [0, 0.05) is 28.9 Å². The monoisotopic (exact) mass is 319 g/mol. The summed E-state index contributed by atoms with van der Waals surface area (Å²) in [5, 5.41) is 4.02. The van der Waals surface area contributed by atoms with E-state index in [1.54, 1.807) is 13.2 Å². The van der Waals surface area contributed by atoms with Crippen molar-refractivity contribution < 1.29 is 9.47 Å². The number of ether oxygens (including phenoxy) is 2. The van der Waals surface area contributed by atoms with Crippen LogP contribution in [0.1, 0.15) is 25.0 Å². The van der Waals surface area contributed by atoms with Gasteiger partial charge in [0.2, 0.25) is 0 Å². The zero-order valence-corrected chi connectivity index (χ0v) is 14.2. The Balaban J connectivity index is 2.24. The minimum Gasteiger partial charge on any atom is -0.493 e. The van der Waals surface area contributed by atoms with Crippen LogP contribution in [0.2, 0.25) is 5.02 Å². The van der Waals surface area contributed by atoms with Crippen molar-refractivity contribution in [2.45, 2.75) is 33.4 Å². The Morgan fingerprint density at radius 3 is 2.41 bits per heavy atom. The molecule has 4 heteroatoms. The van der Waals surface area contributed by atoms with Crippen molar-refractivity contribution in [3.8, 4) is 11.5 Å². The van der Waals surface area contributed by atoms with Gasteiger partial charge < -0.3 is 14.8 Å². The number of halogens is 1. The van der Waals surface area contributed by atoms with Gasteiger partial charge in [-0.05, 0) is 39.0 Å². The fraction of sp³-hybridized carbons (Fsp3) is 0.333. The van der Waals surface area contributed by atoms with E-state index in [-0.39, 0.29) is 6.10 Å². The average molecular weight is 320 g/mol. The molecule has 0 radical (unpaired) electrons. The van der Waals surface area contributed by atoms with E-state index in [9.17, 15) is 0 Å². The van der Waals surface area contributed by atoms with Crippen molar-refractivity contribution in [3.63, 3.8) is 0 Å². The Hall–Kier alpha value is -1.87. The van der Waals surface area contributed by atoms with Gasteiger partial charge in [-0.1, -0.05) is 29.3 Å². The minimum atomic E-state index is 0.0631. The van der Waals surface area contributed by atoms with Crippen LogP contribution in [0.5, 0.6) is 11.5 Å². The maximum Gasteiger partial charge on any atom is 0.166 e. The summed E-state index contributed by atoms with van der Waals surface area (Å²) in [6.07, 6.45) is 0.0631. The first kappa shape index (κ1) is 16.5. The molecular weight excluding hydrogens is 298 g/mol. The van der Waals surface area contributed by atoms with Crippen molar-refractivity contribution in [3.05, 3.63) is 52.5 Å². The van der Waals surface area contributed by atoms with Crippen molar-refractivity contribution in [1.82, 2.24) is 0 Å². The number of aryl methyl sites for hydroxylation is 1. The van der Waals surface area contributed by atoms with Crippen LogP contribution >= 0.6 is 11.6 Å². The molecule has 0 atom stereocenters. The zero-order valence-electron chi connectivity index (χ0n) is 13.4. The SMILES string of the molecule is COc1cc(Cl)cc(CNc2ccc(C)cc2)c1OC(C)C. The fourth-order valence-electron chi connectivity index (χ4n) is 2.14. The Morgan fingerprint density at radius 1 is 1.14 bits per heavy atom. The standard InChI is InChI=1S/C18H22ClNO2/c1-12(2)22-18-14(9-15(19)10-17(18)21-4)11-20-16-7-5-13(3)6-8-16/h5-10,12,20H,11H2,1-4H3. The predicted octanol–water partition coefficient (Wildman–Crippen LogP) is 5.06. The van der Waals surface area contributed by atoms with Gasteiger partial charge in [0.05, 0.1) is 13.2 Å². The molecule has 22 heavy (non-hydrogen) atoms.